The van der Waals surface area contributed by atoms with Gasteiger partial charge in [0.1, 0.15) is 5.15 Å². The molecule has 0 radical (unpaired) electrons. The van der Waals surface area contributed by atoms with Crippen LogP contribution in [0, 0.1) is 0 Å². The van der Waals surface area contributed by atoms with Gasteiger partial charge in [0.25, 0.3) is 0 Å². The minimum atomic E-state index is -0.0280. The van der Waals surface area contributed by atoms with E-state index in [-0.39, 0.29) is 17.1 Å². The monoisotopic (exact) mass is 243 g/mol. The molecule has 1 saturated heterocycles. The second kappa shape index (κ2) is 4.81. The van der Waals surface area contributed by atoms with Crippen LogP contribution in [0.15, 0.2) is 12.3 Å². The fourth-order valence-electron chi connectivity index (χ4n) is 1.37. The normalized spacial score (nSPS) is 20.2. The molecule has 0 aromatic carbocycles. The fourth-order valence-corrected chi connectivity index (χ4v) is 2.67. The van der Waals surface area contributed by atoms with Crippen LogP contribution < -0.4 is 5.32 Å². The Kier molecular flexibility index (Phi) is 3.43. The lowest BCUT2D eigenvalue weighted by Crippen LogP contribution is -2.24. The Morgan fingerprint density at radius 1 is 1.67 bits per heavy atom. The molecule has 6 heteroatoms. The van der Waals surface area contributed by atoms with Gasteiger partial charge in [-0.2, -0.15) is 0 Å². The van der Waals surface area contributed by atoms with Crippen molar-refractivity contribution in [2.24, 2.45) is 0 Å². The highest BCUT2D eigenvalue weighted by Crippen LogP contribution is 2.26. The summed E-state index contributed by atoms with van der Waals surface area (Å²) in [7, 11) is 0. The van der Waals surface area contributed by atoms with Gasteiger partial charge >= 0.3 is 0 Å². The van der Waals surface area contributed by atoms with E-state index >= 15 is 0 Å². The summed E-state index contributed by atoms with van der Waals surface area (Å²) in [6.45, 7) is 0. The Labute approximate surface area is 96.8 Å². The van der Waals surface area contributed by atoms with Crippen LogP contribution >= 0.6 is 23.4 Å². The highest BCUT2D eigenvalue weighted by atomic mass is 35.5. The van der Waals surface area contributed by atoms with Gasteiger partial charge in [0.15, 0.2) is 0 Å². The molecule has 1 amide bonds. The maximum absolute atomic E-state index is 11.7. The van der Waals surface area contributed by atoms with Crippen molar-refractivity contribution < 1.29 is 4.79 Å². The van der Waals surface area contributed by atoms with Crippen LogP contribution in [0.1, 0.15) is 12.8 Å². The van der Waals surface area contributed by atoms with E-state index in [0.29, 0.717) is 5.15 Å². The number of nitrogens with one attached hydrogen (secondary N) is 1. The molecular formula is C9H10ClN3OS. The molecule has 0 aliphatic carbocycles. The van der Waals surface area contributed by atoms with Gasteiger partial charge in [-0.3, -0.25) is 10.1 Å². The van der Waals surface area contributed by atoms with E-state index in [0.717, 1.165) is 18.6 Å². The molecule has 0 spiro atoms. The molecule has 1 N–H and O–H groups in total. The molecule has 1 aliphatic rings. The largest absolute Gasteiger partial charge is 0.294 e. The number of nitrogens with zero attached hydrogens (tertiary/aromatic N) is 2. The molecule has 4 nitrogen and oxygen atoms in total. The lowest BCUT2D eigenvalue weighted by Gasteiger charge is -2.07. The van der Waals surface area contributed by atoms with Gasteiger partial charge in [0.2, 0.25) is 11.9 Å². The predicted molar refractivity (Wildman–Crippen MR) is 61.2 cm³/mol. The Balaban J connectivity index is 1.99. The van der Waals surface area contributed by atoms with Crippen molar-refractivity contribution in [3.63, 3.8) is 0 Å². The highest BCUT2D eigenvalue weighted by molar-refractivity contribution is 8.00. The van der Waals surface area contributed by atoms with Gasteiger partial charge in [-0.15, -0.1) is 11.8 Å². The molecule has 15 heavy (non-hydrogen) atoms. The third kappa shape index (κ3) is 2.82. The first kappa shape index (κ1) is 10.7. The standard InChI is InChI=1S/C9H10ClN3OS/c10-7-3-4-11-9(12-7)13-8(14)6-2-1-5-15-6/h3-4,6H,1-2,5H2,(H,11,12,13,14). The minimum Gasteiger partial charge on any atom is -0.294 e. The Bertz CT molecular complexity index is 368. The lowest BCUT2D eigenvalue weighted by molar-refractivity contribution is -0.115. The predicted octanol–water partition coefficient (Wildman–Crippen LogP) is 1.96. The Hall–Kier alpha value is -0.810. The van der Waals surface area contributed by atoms with E-state index in [1.807, 2.05) is 0 Å². The summed E-state index contributed by atoms with van der Waals surface area (Å²) in [6.07, 6.45) is 3.54. The second-order valence-corrected chi connectivity index (χ2v) is 4.89. The molecule has 80 valence electrons. The van der Waals surface area contributed by atoms with Crippen LogP contribution in [0.5, 0.6) is 0 Å². The number of rotatable bonds is 2. The third-order valence-electron chi connectivity index (χ3n) is 2.08. The smallest absolute Gasteiger partial charge is 0.239 e. The number of carbonyl (C=O) groups excluding carboxylic acids is 1. The van der Waals surface area contributed by atoms with Crippen molar-refractivity contribution in [3.8, 4) is 0 Å². The van der Waals surface area contributed by atoms with Crippen molar-refractivity contribution in [2.45, 2.75) is 18.1 Å². The third-order valence-corrected chi connectivity index (χ3v) is 3.67. The van der Waals surface area contributed by atoms with Gasteiger partial charge in [-0.05, 0) is 24.7 Å². The van der Waals surface area contributed by atoms with E-state index in [9.17, 15) is 4.79 Å². The van der Waals surface area contributed by atoms with E-state index in [2.05, 4.69) is 15.3 Å². The summed E-state index contributed by atoms with van der Waals surface area (Å²) in [5.74, 6) is 1.30. The van der Waals surface area contributed by atoms with Crippen LogP contribution in [0.4, 0.5) is 5.95 Å². The Morgan fingerprint density at radius 2 is 2.53 bits per heavy atom. The number of amides is 1. The van der Waals surface area contributed by atoms with E-state index in [4.69, 9.17) is 11.6 Å². The molecule has 1 unspecified atom stereocenters. The van der Waals surface area contributed by atoms with Crippen LogP contribution in [0.25, 0.3) is 0 Å². The van der Waals surface area contributed by atoms with Gasteiger partial charge in [-0.25, -0.2) is 9.97 Å². The summed E-state index contributed by atoms with van der Waals surface area (Å²) >= 11 is 7.35. The summed E-state index contributed by atoms with van der Waals surface area (Å²) in [5.41, 5.74) is 0. The van der Waals surface area contributed by atoms with E-state index in [1.54, 1.807) is 17.8 Å². The van der Waals surface area contributed by atoms with Crippen LogP contribution in [0.3, 0.4) is 0 Å². The highest BCUT2D eigenvalue weighted by Gasteiger charge is 2.23. The lowest BCUT2D eigenvalue weighted by atomic mass is 10.2. The average Bonchev–Trinajstić information content (AvgIpc) is 2.70. The first-order chi connectivity index (χ1) is 7.25. The summed E-state index contributed by atoms with van der Waals surface area (Å²) in [4.78, 5) is 19.5. The summed E-state index contributed by atoms with van der Waals surface area (Å²) in [5, 5.41) is 3.03. The number of anilines is 1. The number of carbonyl (C=O) groups is 1. The maximum Gasteiger partial charge on any atom is 0.239 e. The van der Waals surface area contributed by atoms with Crippen LogP contribution in [0.2, 0.25) is 5.15 Å². The molecule has 1 aromatic rings. The summed E-state index contributed by atoms with van der Waals surface area (Å²) in [6, 6.07) is 1.57. The molecular weight excluding hydrogens is 234 g/mol. The number of hydrogen-bond acceptors (Lipinski definition) is 4. The second-order valence-electron chi connectivity index (χ2n) is 3.19. The molecule has 1 atom stereocenters. The zero-order valence-electron chi connectivity index (χ0n) is 7.94. The topological polar surface area (TPSA) is 54.9 Å². The molecule has 1 fully saturated rings. The molecule has 1 aromatic heterocycles. The van der Waals surface area contributed by atoms with Gasteiger partial charge in [-0.1, -0.05) is 11.6 Å². The van der Waals surface area contributed by atoms with E-state index < -0.39 is 0 Å². The quantitative estimate of drug-likeness (QED) is 0.807. The first-order valence-electron chi connectivity index (χ1n) is 4.67. The first-order valence-corrected chi connectivity index (χ1v) is 6.09. The number of hydrogen-bond donors (Lipinski definition) is 1. The minimum absolute atomic E-state index is 0.0280. The van der Waals surface area contributed by atoms with Crippen molar-refractivity contribution in [3.05, 3.63) is 17.4 Å². The average molecular weight is 244 g/mol. The van der Waals surface area contributed by atoms with E-state index in [1.165, 1.54) is 6.20 Å². The van der Waals surface area contributed by atoms with Crippen LogP contribution in [-0.4, -0.2) is 26.9 Å². The SMILES string of the molecule is O=C(Nc1nccc(Cl)n1)C1CCCS1. The number of thioether (sulfide) groups is 1. The van der Waals surface area contributed by atoms with Crippen molar-refractivity contribution in [2.75, 3.05) is 11.1 Å². The zero-order valence-corrected chi connectivity index (χ0v) is 9.51. The molecule has 2 heterocycles. The van der Waals surface area contributed by atoms with Gasteiger partial charge < -0.3 is 0 Å². The number of aromatic nitrogens is 2. The van der Waals surface area contributed by atoms with Crippen molar-refractivity contribution in [1.29, 1.82) is 0 Å². The maximum atomic E-state index is 11.7. The molecule has 0 bridgehead atoms. The van der Waals surface area contributed by atoms with Crippen molar-refractivity contribution in [1.82, 2.24) is 9.97 Å². The molecule has 2 rings (SSSR count). The Morgan fingerprint density at radius 3 is 3.20 bits per heavy atom. The fraction of sp³-hybridized carbons (Fsp3) is 0.444. The van der Waals surface area contributed by atoms with Crippen molar-refractivity contribution >= 4 is 35.2 Å². The summed E-state index contributed by atoms with van der Waals surface area (Å²) < 4.78 is 0. The zero-order chi connectivity index (χ0) is 10.7. The molecule has 1 aliphatic heterocycles. The van der Waals surface area contributed by atoms with Gasteiger partial charge in [0.05, 0.1) is 5.25 Å². The molecule has 0 saturated carbocycles. The van der Waals surface area contributed by atoms with Crippen LogP contribution in [-0.2, 0) is 4.79 Å². The van der Waals surface area contributed by atoms with Gasteiger partial charge in [0, 0.05) is 6.20 Å². The number of halogens is 1.